The molecule has 0 aromatic carbocycles. The molecule has 0 heterocycles. The zero-order valence-corrected chi connectivity index (χ0v) is 17.0. The predicted molar refractivity (Wildman–Crippen MR) is 102 cm³/mol. The molecule has 0 saturated carbocycles. The number of hydrogen-bond donors (Lipinski definition) is 2. The molecule has 0 aliphatic heterocycles. The van der Waals surface area contributed by atoms with E-state index in [1.807, 2.05) is 0 Å². The summed E-state index contributed by atoms with van der Waals surface area (Å²) in [6.07, 6.45) is 3.45. The van der Waals surface area contributed by atoms with E-state index in [0.29, 0.717) is 17.3 Å². The molecule has 1 unspecified atom stereocenters. The Kier molecular flexibility index (Phi) is 9.91. The van der Waals surface area contributed by atoms with Gasteiger partial charge in [-0.1, -0.05) is 54.5 Å². The topological polar surface area (TPSA) is 33.3 Å². The highest BCUT2D eigenvalue weighted by Gasteiger charge is 2.32. The van der Waals surface area contributed by atoms with Gasteiger partial charge in [-0.2, -0.15) is 0 Å². The second kappa shape index (κ2) is 10.2. The third-order valence-corrected chi connectivity index (χ3v) is 4.76. The quantitative estimate of drug-likeness (QED) is 0.470. The first-order valence-electron chi connectivity index (χ1n) is 9.29. The summed E-state index contributed by atoms with van der Waals surface area (Å²) in [4.78, 5) is 0. The van der Waals surface area contributed by atoms with E-state index in [4.69, 9.17) is 4.74 Å². The van der Waals surface area contributed by atoms with Gasteiger partial charge in [0.1, 0.15) is 0 Å². The number of rotatable bonds is 13. The highest BCUT2D eigenvalue weighted by molar-refractivity contribution is 4.98. The summed E-state index contributed by atoms with van der Waals surface area (Å²) in [5, 5.41) is 6.86. The summed E-state index contributed by atoms with van der Waals surface area (Å²) in [5.74, 6) is 2.30. The summed E-state index contributed by atoms with van der Waals surface area (Å²) >= 11 is 0. The zero-order chi connectivity index (χ0) is 18.1. The van der Waals surface area contributed by atoms with Crippen molar-refractivity contribution in [2.24, 2.45) is 17.3 Å². The van der Waals surface area contributed by atoms with Crippen LogP contribution in [0.15, 0.2) is 12.4 Å². The lowest BCUT2D eigenvalue weighted by Crippen LogP contribution is -2.46. The van der Waals surface area contributed by atoms with Gasteiger partial charge in [-0.05, 0) is 43.9 Å². The maximum absolute atomic E-state index is 5.62. The van der Waals surface area contributed by atoms with Gasteiger partial charge in [-0.15, -0.1) is 0 Å². The molecule has 0 amide bonds. The van der Waals surface area contributed by atoms with Gasteiger partial charge in [0.2, 0.25) is 0 Å². The fraction of sp³-hybridized carbons (Fsp3) is 0.900. The Morgan fingerprint density at radius 1 is 1.09 bits per heavy atom. The molecule has 0 radical (unpaired) electrons. The normalized spacial score (nSPS) is 14.0. The van der Waals surface area contributed by atoms with Crippen molar-refractivity contribution in [3.8, 4) is 0 Å². The average molecular weight is 327 g/mol. The molecular formula is C20H42N2O. The van der Waals surface area contributed by atoms with Crippen molar-refractivity contribution in [1.82, 2.24) is 10.6 Å². The Balaban J connectivity index is 4.08. The fourth-order valence-electron chi connectivity index (χ4n) is 3.06. The van der Waals surface area contributed by atoms with E-state index >= 15 is 0 Å². The molecule has 3 nitrogen and oxygen atoms in total. The molecule has 0 bridgehead atoms. The van der Waals surface area contributed by atoms with Gasteiger partial charge in [-0.25, -0.2) is 0 Å². The second-order valence-corrected chi connectivity index (χ2v) is 8.68. The van der Waals surface area contributed by atoms with Gasteiger partial charge >= 0.3 is 0 Å². The molecule has 23 heavy (non-hydrogen) atoms. The summed E-state index contributed by atoms with van der Waals surface area (Å²) in [6, 6.07) is 0. The number of ether oxygens (including phenoxy) is 1. The Morgan fingerprint density at radius 3 is 2.22 bits per heavy atom. The monoisotopic (exact) mass is 326 g/mol. The third-order valence-electron chi connectivity index (χ3n) is 4.76. The molecule has 0 spiro atoms. The van der Waals surface area contributed by atoms with Crippen molar-refractivity contribution in [3.63, 3.8) is 0 Å². The van der Waals surface area contributed by atoms with E-state index in [0.717, 1.165) is 38.4 Å². The number of hydrogen-bond acceptors (Lipinski definition) is 3. The highest BCUT2D eigenvalue weighted by atomic mass is 16.5. The average Bonchev–Trinajstić information content (AvgIpc) is 2.39. The standard InChI is InChI=1S/C20H42N2O/c1-10-17(4)19(6,7)15-20(8,9)22-18(5)21-12-14-23-13-11-16(2)3/h16-17,21-22H,5,10-15H2,1-4,6-9H3. The SMILES string of the molecule is C=C(NCCOCCC(C)C)NC(C)(C)CC(C)(C)C(C)CC. The molecule has 0 aliphatic rings. The van der Waals surface area contributed by atoms with Crippen LogP contribution in [0.2, 0.25) is 0 Å². The van der Waals surface area contributed by atoms with E-state index in [1.165, 1.54) is 6.42 Å². The van der Waals surface area contributed by atoms with Crippen LogP contribution in [0.4, 0.5) is 0 Å². The molecular weight excluding hydrogens is 284 g/mol. The molecule has 2 N–H and O–H groups in total. The molecule has 1 atom stereocenters. The van der Waals surface area contributed by atoms with Gasteiger partial charge in [0, 0.05) is 18.7 Å². The minimum Gasteiger partial charge on any atom is -0.380 e. The Labute approximate surface area is 145 Å². The van der Waals surface area contributed by atoms with Gasteiger partial charge in [-0.3, -0.25) is 0 Å². The first kappa shape index (κ1) is 22.3. The molecule has 0 rings (SSSR count). The van der Waals surface area contributed by atoms with Crippen LogP contribution < -0.4 is 10.6 Å². The summed E-state index contributed by atoms with van der Waals surface area (Å²) in [5.41, 5.74) is 0.334. The van der Waals surface area contributed by atoms with E-state index in [2.05, 4.69) is 72.6 Å². The molecule has 3 heteroatoms. The maximum Gasteiger partial charge on any atom is 0.0917 e. The first-order chi connectivity index (χ1) is 10.5. The number of nitrogens with one attached hydrogen (secondary N) is 2. The summed E-state index contributed by atoms with van der Waals surface area (Å²) in [6.45, 7) is 24.8. The lowest BCUT2D eigenvalue weighted by Gasteiger charge is -2.40. The van der Waals surface area contributed by atoms with E-state index in [-0.39, 0.29) is 5.54 Å². The van der Waals surface area contributed by atoms with Crippen LogP contribution in [-0.2, 0) is 4.74 Å². The smallest absolute Gasteiger partial charge is 0.0917 e. The predicted octanol–water partition coefficient (Wildman–Crippen LogP) is 4.94. The minimum atomic E-state index is 0.0233. The molecule has 0 aliphatic carbocycles. The lowest BCUT2D eigenvalue weighted by molar-refractivity contribution is 0.125. The minimum absolute atomic E-state index is 0.0233. The van der Waals surface area contributed by atoms with E-state index in [1.54, 1.807) is 0 Å². The van der Waals surface area contributed by atoms with Crippen LogP contribution in [0.5, 0.6) is 0 Å². The Bertz CT molecular complexity index is 335. The molecule has 0 aromatic heterocycles. The highest BCUT2D eigenvalue weighted by Crippen LogP contribution is 2.37. The van der Waals surface area contributed by atoms with Crippen molar-refractivity contribution in [1.29, 1.82) is 0 Å². The zero-order valence-electron chi connectivity index (χ0n) is 17.0. The van der Waals surface area contributed by atoms with Crippen molar-refractivity contribution >= 4 is 0 Å². The van der Waals surface area contributed by atoms with Crippen LogP contribution in [0.3, 0.4) is 0 Å². The molecule has 0 saturated heterocycles. The van der Waals surface area contributed by atoms with Crippen molar-refractivity contribution in [2.75, 3.05) is 19.8 Å². The van der Waals surface area contributed by atoms with Crippen LogP contribution in [-0.4, -0.2) is 25.3 Å². The molecule has 0 aromatic rings. The summed E-state index contributed by atoms with van der Waals surface area (Å²) < 4.78 is 5.62. The van der Waals surface area contributed by atoms with Gasteiger partial charge in [0.05, 0.1) is 12.4 Å². The van der Waals surface area contributed by atoms with E-state index < -0.39 is 0 Å². The molecule has 138 valence electrons. The summed E-state index contributed by atoms with van der Waals surface area (Å²) in [7, 11) is 0. The Hall–Kier alpha value is -0.700. The fourth-order valence-corrected chi connectivity index (χ4v) is 3.06. The van der Waals surface area contributed by atoms with Crippen LogP contribution in [0.25, 0.3) is 0 Å². The van der Waals surface area contributed by atoms with Crippen molar-refractivity contribution in [2.45, 2.75) is 80.2 Å². The van der Waals surface area contributed by atoms with Crippen LogP contribution >= 0.6 is 0 Å². The third kappa shape index (κ3) is 10.6. The Morgan fingerprint density at radius 2 is 1.70 bits per heavy atom. The lowest BCUT2D eigenvalue weighted by atomic mass is 9.71. The first-order valence-corrected chi connectivity index (χ1v) is 9.29. The van der Waals surface area contributed by atoms with Gasteiger partial charge in [0.25, 0.3) is 0 Å². The second-order valence-electron chi connectivity index (χ2n) is 8.68. The largest absolute Gasteiger partial charge is 0.380 e. The van der Waals surface area contributed by atoms with Crippen molar-refractivity contribution < 1.29 is 4.74 Å². The van der Waals surface area contributed by atoms with Gasteiger partial charge < -0.3 is 15.4 Å². The van der Waals surface area contributed by atoms with Crippen molar-refractivity contribution in [3.05, 3.63) is 12.4 Å². The van der Waals surface area contributed by atoms with Gasteiger partial charge in [0.15, 0.2) is 0 Å². The maximum atomic E-state index is 5.62. The van der Waals surface area contributed by atoms with Crippen LogP contribution in [0, 0.1) is 17.3 Å². The van der Waals surface area contributed by atoms with E-state index in [9.17, 15) is 0 Å². The van der Waals surface area contributed by atoms with Crippen LogP contribution in [0.1, 0.15) is 74.7 Å². The molecule has 0 fully saturated rings.